The zero-order valence-corrected chi connectivity index (χ0v) is 38.4. The van der Waals surface area contributed by atoms with Gasteiger partial charge in [0.2, 0.25) is 0 Å². The maximum absolute atomic E-state index is 14.3. The van der Waals surface area contributed by atoms with Gasteiger partial charge in [0.25, 0.3) is 11.4 Å². The van der Waals surface area contributed by atoms with Crippen LogP contribution in [-0.2, 0) is 60.4 Å². The summed E-state index contributed by atoms with van der Waals surface area (Å²) in [6.07, 6.45) is 9.36. The van der Waals surface area contributed by atoms with Gasteiger partial charge >= 0.3 is 35.8 Å². The summed E-state index contributed by atoms with van der Waals surface area (Å²) in [7, 11) is 2.54. The molecular formula is C51H54N2O16. The molecule has 0 aliphatic carbocycles. The maximum Gasteiger partial charge on any atom is 0.338 e. The molecule has 0 bridgehead atoms. The van der Waals surface area contributed by atoms with Gasteiger partial charge in [0.05, 0.1) is 61.6 Å². The maximum atomic E-state index is 14.3. The minimum atomic E-state index is -2.00. The van der Waals surface area contributed by atoms with E-state index in [0.717, 1.165) is 0 Å². The molecule has 4 rings (SSSR count). The van der Waals surface area contributed by atoms with E-state index in [2.05, 4.69) is 9.47 Å². The van der Waals surface area contributed by atoms with Crippen LogP contribution in [-0.4, -0.2) is 86.3 Å². The van der Waals surface area contributed by atoms with Crippen molar-refractivity contribution in [3.05, 3.63) is 163 Å². The molecule has 0 unspecified atom stereocenters. The van der Waals surface area contributed by atoms with E-state index in [-0.39, 0.29) is 50.6 Å². The van der Waals surface area contributed by atoms with Crippen molar-refractivity contribution in [1.29, 1.82) is 0 Å². The number of methoxy groups -OCH3 is 2. The standard InChI is InChI=1S/C51H54N2O16/c1-64-45(54)29-19-37-11-21-41(22-12-37)47(56)66-31-7-3-5-9-33-68-49(58)51(35-39-15-25-43(26-16-39)52(60)61,36-40-17-27-44(28-18-40)53(62)63)50(59)69-34-10-6-4-8-32-67-48(57)42-23-13-38(14-24-42)20-30-46(55)65-2/h11-30H,3-10,31-36H2,1-2H3. The lowest BCUT2D eigenvalue weighted by Crippen LogP contribution is -2.46. The lowest BCUT2D eigenvalue weighted by atomic mass is 9.76. The Morgan fingerprint density at radius 1 is 0.464 bits per heavy atom. The molecule has 0 aromatic heterocycles. The van der Waals surface area contributed by atoms with Crippen molar-refractivity contribution in [3.8, 4) is 0 Å². The van der Waals surface area contributed by atoms with Crippen LogP contribution in [0.2, 0.25) is 0 Å². The summed E-state index contributed by atoms with van der Waals surface area (Å²) in [5, 5.41) is 22.8. The number of carbonyl (C=O) groups is 6. The summed E-state index contributed by atoms with van der Waals surface area (Å²) in [5.74, 6) is -3.84. The Kier molecular flexibility index (Phi) is 21.9. The predicted octanol–water partition coefficient (Wildman–Crippen LogP) is 8.57. The fourth-order valence-electron chi connectivity index (χ4n) is 6.75. The summed E-state index contributed by atoms with van der Waals surface area (Å²) in [6, 6.07) is 23.7. The molecule has 0 spiro atoms. The molecule has 0 saturated heterocycles. The number of nitrogens with zero attached hydrogens (tertiary/aromatic N) is 2. The van der Waals surface area contributed by atoms with E-state index in [9.17, 15) is 49.0 Å². The van der Waals surface area contributed by atoms with Crippen LogP contribution >= 0.6 is 0 Å². The molecule has 4 aromatic carbocycles. The van der Waals surface area contributed by atoms with E-state index < -0.39 is 51.1 Å². The van der Waals surface area contributed by atoms with Gasteiger partial charge in [0.1, 0.15) is 0 Å². The SMILES string of the molecule is COC(=O)C=Cc1ccc(C(=O)OCCCCCCOC(=O)C(Cc2ccc([N+](=O)[O-])cc2)(Cc2ccc([N+](=O)[O-])cc2)C(=O)OCCCCCCOC(=O)c2ccc(C=CC(=O)OC)cc2)cc1. The number of non-ortho nitro benzene ring substituents is 2. The summed E-state index contributed by atoms with van der Waals surface area (Å²) < 4.78 is 31.4. The Bertz CT molecular complexity index is 2260. The van der Waals surface area contributed by atoms with Crippen LogP contribution in [0, 0.1) is 25.6 Å². The molecule has 0 saturated carbocycles. The third kappa shape index (κ3) is 18.0. The molecule has 0 heterocycles. The zero-order chi connectivity index (χ0) is 50.0. The lowest BCUT2D eigenvalue weighted by Gasteiger charge is -2.30. The monoisotopic (exact) mass is 950 g/mol. The van der Waals surface area contributed by atoms with Crippen LogP contribution in [0.25, 0.3) is 12.2 Å². The van der Waals surface area contributed by atoms with E-state index in [1.807, 2.05) is 0 Å². The van der Waals surface area contributed by atoms with Gasteiger partial charge in [0, 0.05) is 36.4 Å². The molecule has 0 N–H and O–H groups in total. The van der Waals surface area contributed by atoms with Crippen LogP contribution in [0.15, 0.2) is 109 Å². The molecule has 18 nitrogen and oxygen atoms in total. The van der Waals surface area contributed by atoms with E-state index in [1.54, 1.807) is 60.7 Å². The van der Waals surface area contributed by atoms with Gasteiger partial charge in [-0.05, 0) is 123 Å². The summed E-state index contributed by atoms with van der Waals surface area (Å²) in [6.45, 7) is 0.140. The predicted molar refractivity (Wildman–Crippen MR) is 250 cm³/mol. The van der Waals surface area contributed by atoms with Crippen molar-refractivity contribution in [1.82, 2.24) is 0 Å². The number of unbranched alkanes of at least 4 members (excludes halogenated alkanes) is 6. The average Bonchev–Trinajstić information content (AvgIpc) is 3.36. The Hall–Kier alpha value is -8.02. The highest BCUT2D eigenvalue weighted by atomic mass is 16.6. The Morgan fingerprint density at radius 2 is 0.783 bits per heavy atom. The smallest absolute Gasteiger partial charge is 0.338 e. The fraction of sp³-hybridized carbons (Fsp3) is 0.333. The molecule has 0 aliphatic rings. The van der Waals surface area contributed by atoms with Crippen LogP contribution in [0.4, 0.5) is 11.4 Å². The minimum absolute atomic E-state index is 0.0742. The van der Waals surface area contributed by atoms with Crippen molar-refractivity contribution in [2.45, 2.75) is 64.2 Å². The molecule has 0 atom stereocenters. The van der Waals surface area contributed by atoms with E-state index >= 15 is 0 Å². The number of nitro groups is 2. The van der Waals surface area contributed by atoms with Crippen LogP contribution in [0.5, 0.6) is 0 Å². The van der Waals surface area contributed by atoms with Gasteiger partial charge in [-0.3, -0.25) is 29.8 Å². The number of rotatable bonds is 28. The number of esters is 6. The molecule has 69 heavy (non-hydrogen) atoms. The van der Waals surface area contributed by atoms with Gasteiger partial charge in [-0.2, -0.15) is 0 Å². The number of carbonyl (C=O) groups excluding carboxylic acids is 6. The Morgan fingerprint density at radius 3 is 1.09 bits per heavy atom. The first-order chi connectivity index (χ1) is 33.2. The molecule has 0 amide bonds. The zero-order valence-electron chi connectivity index (χ0n) is 38.4. The topological polar surface area (TPSA) is 244 Å². The van der Waals surface area contributed by atoms with Crippen molar-refractivity contribution in [2.75, 3.05) is 40.6 Å². The highest BCUT2D eigenvalue weighted by Gasteiger charge is 2.49. The highest BCUT2D eigenvalue weighted by Crippen LogP contribution is 2.34. The first-order valence-electron chi connectivity index (χ1n) is 22.1. The normalized spacial score (nSPS) is 11.2. The van der Waals surface area contributed by atoms with E-state index in [4.69, 9.17) is 18.9 Å². The van der Waals surface area contributed by atoms with Crippen LogP contribution in [0.3, 0.4) is 0 Å². The average molecular weight is 951 g/mol. The fourth-order valence-corrected chi connectivity index (χ4v) is 6.75. The number of benzene rings is 4. The van der Waals surface area contributed by atoms with Gasteiger partial charge < -0.3 is 28.4 Å². The summed E-state index contributed by atoms with van der Waals surface area (Å²) in [4.78, 5) is 97.9. The second-order valence-electron chi connectivity index (χ2n) is 15.6. The first kappa shape index (κ1) is 53.6. The van der Waals surface area contributed by atoms with Crippen molar-refractivity contribution < 1.29 is 67.0 Å². The Balaban J connectivity index is 1.34. The van der Waals surface area contributed by atoms with Gasteiger partial charge in [-0.1, -0.05) is 48.5 Å². The molecule has 4 aromatic rings. The molecule has 0 fully saturated rings. The molecule has 0 radical (unpaired) electrons. The van der Waals surface area contributed by atoms with Crippen molar-refractivity contribution in [2.24, 2.45) is 5.41 Å². The Labute approximate surface area is 398 Å². The number of ether oxygens (including phenoxy) is 6. The summed E-state index contributed by atoms with van der Waals surface area (Å²) >= 11 is 0. The van der Waals surface area contributed by atoms with Gasteiger partial charge in [-0.25, -0.2) is 19.2 Å². The molecule has 0 aliphatic heterocycles. The van der Waals surface area contributed by atoms with Crippen LogP contribution < -0.4 is 0 Å². The van der Waals surface area contributed by atoms with Gasteiger partial charge in [0.15, 0.2) is 5.41 Å². The number of nitro benzene ring substituents is 2. The molecule has 18 heteroatoms. The van der Waals surface area contributed by atoms with E-state index in [0.29, 0.717) is 84.7 Å². The first-order valence-corrected chi connectivity index (χ1v) is 22.1. The van der Waals surface area contributed by atoms with Crippen molar-refractivity contribution >= 4 is 59.3 Å². The third-order valence-electron chi connectivity index (χ3n) is 10.6. The number of hydrogen-bond acceptors (Lipinski definition) is 16. The quantitative estimate of drug-likeness (QED) is 0.00984. The summed E-state index contributed by atoms with van der Waals surface area (Å²) in [5.41, 5.74) is 0.473. The largest absolute Gasteiger partial charge is 0.466 e. The van der Waals surface area contributed by atoms with Crippen molar-refractivity contribution in [3.63, 3.8) is 0 Å². The highest BCUT2D eigenvalue weighted by molar-refractivity contribution is 6.01. The minimum Gasteiger partial charge on any atom is -0.466 e. The second-order valence-corrected chi connectivity index (χ2v) is 15.6. The molecular weight excluding hydrogens is 897 g/mol. The van der Waals surface area contributed by atoms with Gasteiger partial charge in [-0.15, -0.1) is 0 Å². The van der Waals surface area contributed by atoms with E-state index in [1.165, 1.54) is 74.9 Å². The van der Waals surface area contributed by atoms with Crippen LogP contribution in [0.1, 0.15) is 94.3 Å². The molecule has 364 valence electrons. The third-order valence-corrected chi connectivity index (χ3v) is 10.6. The second kappa shape index (κ2) is 28.2. The lowest BCUT2D eigenvalue weighted by molar-refractivity contribution is -0.385. The number of hydrogen-bond donors (Lipinski definition) is 0.